The third kappa shape index (κ3) is 6.97. The molecule has 0 spiro atoms. The largest absolute Gasteiger partial charge is 0.444 e. The highest BCUT2D eigenvalue weighted by Crippen LogP contribution is 2.18. The molecule has 22 heavy (non-hydrogen) atoms. The number of alkyl carbamates (subject to hydrolysis) is 1. The molecule has 0 fully saturated rings. The number of unbranched alkanes of at least 4 members (excludes halogenated alkanes) is 1. The number of nitrogen functional groups attached to an aromatic ring is 1. The van der Waals surface area contributed by atoms with Gasteiger partial charge in [0, 0.05) is 18.7 Å². The molecular weight excluding hydrogens is 282 g/mol. The lowest BCUT2D eigenvalue weighted by molar-refractivity contribution is 0.0527. The highest BCUT2D eigenvalue weighted by molar-refractivity contribution is 5.80. The van der Waals surface area contributed by atoms with Gasteiger partial charge in [0.15, 0.2) is 0 Å². The van der Waals surface area contributed by atoms with Crippen LogP contribution in [0.5, 0.6) is 0 Å². The molecule has 0 saturated heterocycles. The zero-order chi connectivity index (χ0) is 16.6. The van der Waals surface area contributed by atoms with Crippen LogP contribution >= 0.6 is 0 Å². The number of carbonyl (C=O) groups is 2. The maximum absolute atomic E-state index is 11.4. The van der Waals surface area contributed by atoms with E-state index in [0.29, 0.717) is 17.8 Å². The molecule has 0 aromatic heterocycles. The Morgan fingerprint density at radius 2 is 1.95 bits per heavy atom. The molecule has 0 unspecified atom stereocenters. The number of anilines is 2. The van der Waals surface area contributed by atoms with E-state index in [2.05, 4.69) is 10.6 Å². The molecule has 0 aliphatic heterocycles. The number of aldehydes is 1. The maximum atomic E-state index is 11.4. The van der Waals surface area contributed by atoms with Gasteiger partial charge in [0.1, 0.15) is 11.9 Å². The molecular formula is C16H25N3O3. The first-order chi connectivity index (χ1) is 10.3. The number of amides is 1. The van der Waals surface area contributed by atoms with Crippen molar-refractivity contribution in [3.8, 4) is 0 Å². The lowest BCUT2D eigenvalue weighted by atomic mass is 10.2. The molecule has 1 aromatic carbocycles. The highest BCUT2D eigenvalue weighted by Gasteiger charge is 2.15. The van der Waals surface area contributed by atoms with Gasteiger partial charge in [-0.15, -0.1) is 0 Å². The van der Waals surface area contributed by atoms with Crippen LogP contribution in [0.25, 0.3) is 0 Å². The average Bonchev–Trinajstić information content (AvgIpc) is 2.42. The van der Waals surface area contributed by atoms with Crippen molar-refractivity contribution in [3.63, 3.8) is 0 Å². The van der Waals surface area contributed by atoms with Gasteiger partial charge in [-0.1, -0.05) is 0 Å². The van der Waals surface area contributed by atoms with Gasteiger partial charge in [-0.3, -0.25) is 4.79 Å². The molecule has 0 aliphatic carbocycles. The lowest BCUT2D eigenvalue weighted by Gasteiger charge is -2.19. The Hall–Kier alpha value is -2.24. The second-order valence-corrected chi connectivity index (χ2v) is 6.03. The van der Waals surface area contributed by atoms with Crippen molar-refractivity contribution in [2.24, 2.45) is 0 Å². The van der Waals surface area contributed by atoms with Crippen molar-refractivity contribution in [3.05, 3.63) is 23.8 Å². The smallest absolute Gasteiger partial charge is 0.407 e. The molecule has 1 rings (SSSR count). The number of hydrogen-bond donors (Lipinski definition) is 3. The summed E-state index contributed by atoms with van der Waals surface area (Å²) < 4.78 is 5.14. The van der Waals surface area contributed by atoms with Gasteiger partial charge >= 0.3 is 6.09 Å². The van der Waals surface area contributed by atoms with Gasteiger partial charge in [0.2, 0.25) is 0 Å². The van der Waals surface area contributed by atoms with Crippen molar-refractivity contribution < 1.29 is 14.3 Å². The van der Waals surface area contributed by atoms with Gasteiger partial charge in [-0.25, -0.2) is 4.79 Å². The molecule has 1 amide bonds. The molecule has 0 aliphatic rings. The molecule has 0 bridgehead atoms. The van der Waals surface area contributed by atoms with E-state index in [1.165, 1.54) is 0 Å². The summed E-state index contributed by atoms with van der Waals surface area (Å²) in [5.41, 5.74) is 7.29. The fourth-order valence-corrected chi connectivity index (χ4v) is 1.79. The van der Waals surface area contributed by atoms with Crippen LogP contribution < -0.4 is 16.4 Å². The van der Waals surface area contributed by atoms with E-state index in [1.807, 2.05) is 20.8 Å². The zero-order valence-corrected chi connectivity index (χ0v) is 13.4. The first-order valence-corrected chi connectivity index (χ1v) is 7.37. The number of hydrogen-bond acceptors (Lipinski definition) is 5. The summed E-state index contributed by atoms with van der Waals surface area (Å²) in [5, 5.41) is 5.92. The Labute approximate surface area is 131 Å². The van der Waals surface area contributed by atoms with Crippen LogP contribution in [-0.2, 0) is 4.74 Å². The van der Waals surface area contributed by atoms with E-state index in [0.717, 1.165) is 31.4 Å². The summed E-state index contributed by atoms with van der Waals surface area (Å²) in [6.45, 7) is 6.79. The van der Waals surface area contributed by atoms with Crippen LogP contribution in [0, 0.1) is 0 Å². The molecule has 0 saturated carbocycles. The van der Waals surface area contributed by atoms with Crippen molar-refractivity contribution in [2.75, 3.05) is 24.1 Å². The second kappa shape index (κ2) is 8.26. The Morgan fingerprint density at radius 3 is 2.55 bits per heavy atom. The van der Waals surface area contributed by atoms with Crippen molar-refractivity contribution in [1.29, 1.82) is 0 Å². The second-order valence-electron chi connectivity index (χ2n) is 6.03. The van der Waals surface area contributed by atoms with Gasteiger partial charge in [0.25, 0.3) is 0 Å². The van der Waals surface area contributed by atoms with E-state index < -0.39 is 11.7 Å². The molecule has 122 valence electrons. The predicted octanol–water partition coefficient (Wildman–Crippen LogP) is 2.80. The van der Waals surface area contributed by atoms with Crippen molar-refractivity contribution in [2.45, 2.75) is 39.2 Å². The Balaban J connectivity index is 2.18. The van der Waals surface area contributed by atoms with Crippen molar-refractivity contribution >= 4 is 23.8 Å². The Morgan fingerprint density at radius 1 is 1.27 bits per heavy atom. The number of rotatable bonds is 7. The standard InChI is InChI=1S/C16H25N3O3/c1-16(2,3)22-15(21)19-9-5-4-8-18-14-7-6-12(11-20)10-13(14)17/h6-7,10-11,18H,4-5,8-9,17H2,1-3H3,(H,19,21). The summed E-state index contributed by atoms with van der Waals surface area (Å²) in [5.74, 6) is 0. The maximum Gasteiger partial charge on any atom is 0.407 e. The molecule has 0 radical (unpaired) electrons. The first-order valence-electron chi connectivity index (χ1n) is 7.37. The fraction of sp³-hybridized carbons (Fsp3) is 0.500. The van der Waals surface area contributed by atoms with Gasteiger partial charge < -0.3 is 21.1 Å². The third-order valence-corrected chi connectivity index (χ3v) is 2.80. The monoisotopic (exact) mass is 307 g/mol. The van der Waals surface area contributed by atoms with Gasteiger partial charge in [0.05, 0.1) is 11.4 Å². The minimum absolute atomic E-state index is 0.394. The number of benzene rings is 1. The number of carbonyl (C=O) groups excluding carboxylic acids is 2. The van der Waals surface area contributed by atoms with Crippen LogP contribution in [0.4, 0.5) is 16.2 Å². The molecule has 4 N–H and O–H groups in total. The van der Waals surface area contributed by atoms with Crippen LogP contribution in [0.1, 0.15) is 44.0 Å². The lowest BCUT2D eigenvalue weighted by Crippen LogP contribution is -2.33. The van der Waals surface area contributed by atoms with Crippen molar-refractivity contribution in [1.82, 2.24) is 5.32 Å². The van der Waals surface area contributed by atoms with Gasteiger partial charge in [-0.2, -0.15) is 0 Å². The normalized spacial score (nSPS) is 10.9. The number of ether oxygens (including phenoxy) is 1. The van der Waals surface area contributed by atoms with E-state index in [1.54, 1.807) is 18.2 Å². The topological polar surface area (TPSA) is 93.5 Å². The third-order valence-electron chi connectivity index (χ3n) is 2.80. The molecule has 0 heterocycles. The minimum atomic E-state index is -0.475. The minimum Gasteiger partial charge on any atom is -0.444 e. The molecule has 6 nitrogen and oxygen atoms in total. The van der Waals surface area contributed by atoms with Gasteiger partial charge in [-0.05, 0) is 51.8 Å². The van der Waals surface area contributed by atoms with E-state index in [-0.39, 0.29) is 0 Å². The van der Waals surface area contributed by atoms with E-state index in [4.69, 9.17) is 10.5 Å². The van der Waals surface area contributed by atoms with Crippen LogP contribution in [0.2, 0.25) is 0 Å². The number of nitrogens with two attached hydrogens (primary N) is 1. The summed E-state index contributed by atoms with van der Waals surface area (Å²) >= 11 is 0. The molecule has 1 aromatic rings. The van der Waals surface area contributed by atoms with Crippen LogP contribution in [-0.4, -0.2) is 31.1 Å². The van der Waals surface area contributed by atoms with E-state index >= 15 is 0 Å². The first kappa shape index (κ1) is 17.8. The SMILES string of the molecule is CC(C)(C)OC(=O)NCCCCNc1ccc(C=O)cc1N. The quantitative estimate of drug-likeness (QED) is 0.409. The molecule has 0 atom stereocenters. The summed E-state index contributed by atoms with van der Waals surface area (Å²) in [4.78, 5) is 22.0. The predicted molar refractivity (Wildman–Crippen MR) is 88.2 cm³/mol. The number of nitrogens with one attached hydrogen (secondary N) is 2. The fourth-order valence-electron chi connectivity index (χ4n) is 1.79. The molecule has 6 heteroatoms. The van der Waals surface area contributed by atoms with Crippen LogP contribution in [0.15, 0.2) is 18.2 Å². The summed E-state index contributed by atoms with van der Waals surface area (Å²) in [7, 11) is 0. The average molecular weight is 307 g/mol. The summed E-state index contributed by atoms with van der Waals surface area (Å²) in [6, 6.07) is 5.15. The zero-order valence-electron chi connectivity index (χ0n) is 13.4. The summed E-state index contributed by atoms with van der Waals surface area (Å²) in [6.07, 6.45) is 2.08. The Bertz CT molecular complexity index is 510. The highest BCUT2D eigenvalue weighted by atomic mass is 16.6. The Kier molecular flexibility index (Phi) is 6.69. The van der Waals surface area contributed by atoms with Crippen LogP contribution in [0.3, 0.4) is 0 Å². The van der Waals surface area contributed by atoms with E-state index in [9.17, 15) is 9.59 Å².